The van der Waals surface area contributed by atoms with Crippen molar-refractivity contribution in [2.45, 2.75) is 18.9 Å². The van der Waals surface area contributed by atoms with Crippen LogP contribution in [0.15, 0.2) is 30.3 Å². The summed E-state index contributed by atoms with van der Waals surface area (Å²) in [5.41, 5.74) is 6.06. The summed E-state index contributed by atoms with van der Waals surface area (Å²) in [5.74, 6) is -0.673. The monoisotopic (exact) mass is 217 g/mol. The van der Waals surface area contributed by atoms with Gasteiger partial charge >= 0.3 is 0 Å². The topological polar surface area (TPSA) is 78.9 Å². The van der Waals surface area contributed by atoms with E-state index in [0.717, 1.165) is 5.56 Å². The van der Waals surface area contributed by atoms with Gasteiger partial charge < -0.3 is 11.1 Å². The quantitative estimate of drug-likeness (QED) is 0.764. The predicted octanol–water partition coefficient (Wildman–Crippen LogP) is 0.757. The molecule has 0 aliphatic carbocycles. The number of nitrogens with zero attached hydrogens (tertiary/aromatic N) is 1. The number of nitriles is 1. The van der Waals surface area contributed by atoms with E-state index in [4.69, 9.17) is 11.0 Å². The standard InChI is InChI=1S/C12H15N3O/c1-9(12(14)16)15-8-11(7-13)10-5-3-2-4-6-10/h2-6,9,11,15H,8H2,1H3,(H2,14,16). The lowest BCUT2D eigenvalue weighted by molar-refractivity contribution is -0.119. The molecule has 0 aliphatic rings. The average Bonchev–Trinajstić information content (AvgIpc) is 2.30. The van der Waals surface area contributed by atoms with Crippen molar-refractivity contribution in [1.29, 1.82) is 5.26 Å². The van der Waals surface area contributed by atoms with Crippen LogP contribution in [-0.2, 0) is 4.79 Å². The maximum atomic E-state index is 10.8. The zero-order valence-corrected chi connectivity index (χ0v) is 9.18. The van der Waals surface area contributed by atoms with Crippen LogP contribution in [0.4, 0.5) is 0 Å². The summed E-state index contributed by atoms with van der Waals surface area (Å²) < 4.78 is 0. The van der Waals surface area contributed by atoms with Gasteiger partial charge in [-0.2, -0.15) is 5.26 Å². The van der Waals surface area contributed by atoms with E-state index in [0.29, 0.717) is 6.54 Å². The molecule has 1 aromatic rings. The fourth-order valence-corrected chi connectivity index (χ4v) is 1.32. The van der Waals surface area contributed by atoms with Gasteiger partial charge in [0, 0.05) is 6.54 Å². The summed E-state index contributed by atoms with van der Waals surface area (Å²) in [6.07, 6.45) is 0. The predicted molar refractivity (Wildman–Crippen MR) is 61.5 cm³/mol. The molecule has 2 atom stereocenters. The van der Waals surface area contributed by atoms with E-state index in [1.54, 1.807) is 6.92 Å². The summed E-state index contributed by atoms with van der Waals surface area (Å²) in [4.78, 5) is 10.8. The molecule has 16 heavy (non-hydrogen) atoms. The zero-order valence-electron chi connectivity index (χ0n) is 9.18. The van der Waals surface area contributed by atoms with E-state index in [1.807, 2.05) is 30.3 Å². The Hall–Kier alpha value is -1.86. The van der Waals surface area contributed by atoms with E-state index in [2.05, 4.69) is 11.4 Å². The molecule has 84 valence electrons. The van der Waals surface area contributed by atoms with Gasteiger partial charge in [-0.1, -0.05) is 30.3 Å². The fraction of sp³-hybridized carbons (Fsp3) is 0.333. The van der Waals surface area contributed by atoms with E-state index in [9.17, 15) is 4.79 Å². The molecule has 4 nitrogen and oxygen atoms in total. The third-order valence-electron chi connectivity index (χ3n) is 2.41. The lowest BCUT2D eigenvalue weighted by Gasteiger charge is -2.13. The molecule has 0 aliphatic heterocycles. The van der Waals surface area contributed by atoms with Gasteiger partial charge in [0.15, 0.2) is 0 Å². The number of carbonyl (C=O) groups is 1. The van der Waals surface area contributed by atoms with Gasteiger partial charge in [0.25, 0.3) is 0 Å². The molecule has 0 fully saturated rings. The zero-order chi connectivity index (χ0) is 12.0. The van der Waals surface area contributed by atoms with Gasteiger partial charge in [-0.15, -0.1) is 0 Å². The Kier molecular flexibility index (Phi) is 4.49. The smallest absolute Gasteiger partial charge is 0.234 e. The molecule has 4 heteroatoms. The van der Waals surface area contributed by atoms with E-state index >= 15 is 0 Å². The molecule has 0 bridgehead atoms. The Bertz CT molecular complexity index is 383. The first-order valence-corrected chi connectivity index (χ1v) is 5.12. The number of hydrogen-bond donors (Lipinski definition) is 2. The van der Waals surface area contributed by atoms with Crippen molar-refractivity contribution in [3.05, 3.63) is 35.9 Å². The molecule has 2 unspecified atom stereocenters. The first kappa shape index (κ1) is 12.2. The first-order valence-electron chi connectivity index (χ1n) is 5.12. The number of benzene rings is 1. The second-order valence-corrected chi connectivity index (χ2v) is 3.62. The average molecular weight is 217 g/mol. The molecule has 3 N–H and O–H groups in total. The Balaban J connectivity index is 2.58. The number of nitrogens with one attached hydrogen (secondary N) is 1. The highest BCUT2D eigenvalue weighted by Gasteiger charge is 2.13. The molecule has 0 spiro atoms. The van der Waals surface area contributed by atoms with E-state index < -0.39 is 11.9 Å². The van der Waals surface area contributed by atoms with Gasteiger partial charge in [-0.3, -0.25) is 4.79 Å². The van der Waals surface area contributed by atoms with Crippen LogP contribution >= 0.6 is 0 Å². The Morgan fingerprint density at radius 1 is 1.50 bits per heavy atom. The highest BCUT2D eigenvalue weighted by Crippen LogP contribution is 2.13. The number of rotatable bonds is 5. The highest BCUT2D eigenvalue weighted by atomic mass is 16.1. The van der Waals surface area contributed by atoms with Crippen LogP contribution in [0, 0.1) is 11.3 Å². The minimum atomic E-state index is -0.417. The van der Waals surface area contributed by atoms with Gasteiger partial charge in [0.2, 0.25) is 5.91 Å². The SMILES string of the molecule is CC(NCC(C#N)c1ccccc1)C(N)=O. The Morgan fingerprint density at radius 3 is 2.62 bits per heavy atom. The lowest BCUT2D eigenvalue weighted by atomic mass is 10.0. The normalized spacial score (nSPS) is 13.8. The van der Waals surface area contributed by atoms with Crippen LogP contribution < -0.4 is 11.1 Å². The molecule has 0 saturated heterocycles. The number of nitrogens with two attached hydrogens (primary N) is 1. The van der Waals surface area contributed by atoms with Crippen LogP contribution in [0.5, 0.6) is 0 Å². The van der Waals surface area contributed by atoms with Crippen molar-refractivity contribution >= 4 is 5.91 Å². The van der Waals surface area contributed by atoms with E-state index in [-0.39, 0.29) is 5.92 Å². The minimum Gasteiger partial charge on any atom is -0.368 e. The van der Waals surface area contributed by atoms with Gasteiger partial charge in [0.05, 0.1) is 18.0 Å². The number of amides is 1. The third kappa shape index (κ3) is 3.37. The Morgan fingerprint density at radius 2 is 2.12 bits per heavy atom. The molecule has 0 aromatic heterocycles. The fourth-order valence-electron chi connectivity index (χ4n) is 1.32. The van der Waals surface area contributed by atoms with Crippen LogP contribution in [0.3, 0.4) is 0 Å². The number of hydrogen-bond acceptors (Lipinski definition) is 3. The summed E-state index contributed by atoms with van der Waals surface area (Å²) in [7, 11) is 0. The molecule has 1 rings (SSSR count). The van der Waals surface area contributed by atoms with E-state index in [1.165, 1.54) is 0 Å². The molecule has 1 aromatic carbocycles. The number of primary amides is 1. The molecule has 0 heterocycles. The highest BCUT2D eigenvalue weighted by molar-refractivity contribution is 5.79. The van der Waals surface area contributed by atoms with Gasteiger partial charge in [-0.05, 0) is 12.5 Å². The molecule has 0 saturated carbocycles. The van der Waals surface area contributed by atoms with Gasteiger partial charge in [0.1, 0.15) is 0 Å². The minimum absolute atomic E-state index is 0.261. The summed E-state index contributed by atoms with van der Waals surface area (Å²) in [6.45, 7) is 2.10. The maximum Gasteiger partial charge on any atom is 0.234 e. The molecular formula is C12H15N3O. The molecule has 0 radical (unpaired) electrons. The maximum absolute atomic E-state index is 10.8. The van der Waals surface area contributed by atoms with Crippen molar-refractivity contribution < 1.29 is 4.79 Å². The Labute approximate surface area is 95.1 Å². The number of carbonyl (C=O) groups excluding carboxylic acids is 1. The lowest BCUT2D eigenvalue weighted by Crippen LogP contribution is -2.40. The molecular weight excluding hydrogens is 202 g/mol. The second kappa shape index (κ2) is 5.89. The van der Waals surface area contributed by atoms with Crippen molar-refractivity contribution in [3.8, 4) is 6.07 Å². The second-order valence-electron chi connectivity index (χ2n) is 3.62. The van der Waals surface area contributed by atoms with Crippen molar-refractivity contribution in [3.63, 3.8) is 0 Å². The van der Waals surface area contributed by atoms with Crippen LogP contribution in [0.2, 0.25) is 0 Å². The van der Waals surface area contributed by atoms with Gasteiger partial charge in [-0.25, -0.2) is 0 Å². The summed E-state index contributed by atoms with van der Waals surface area (Å²) >= 11 is 0. The van der Waals surface area contributed by atoms with Crippen molar-refractivity contribution in [2.24, 2.45) is 5.73 Å². The molecule has 1 amide bonds. The third-order valence-corrected chi connectivity index (χ3v) is 2.41. The van der Waals surface area contributed by atoms with Crippen molar-refractivity contribution in [1.82, 2.24) is 5.32 Å². The van der Waals surface area contributed by atoms with Crippen LogP contribution in [0.1, 0.15) is 18.4 Å². The van der Waals surface area contributed by atoms with Crippen molar-refractivity contribution in [2.75, 3.05) is 6.54 Å². The largest absolute Gasteiger partial charge is 0.368 e. The summed E-state index contributed by atoms with van der Waals surface area (Å²) in [5, 5.41) is 12.0. The van der Waals surface area contributed by atoms with Crippen LogP contribution in [-0.4, -0.2) is 18.5 Å². The first-order chi connectivity index (χ1) is 7.65. The van der Waals surface area contributed by atoms with Crippen LogP contribution in [0.25, 0.3) is 0 Å². The summed E-state index contributed by atoms with van der Waals surface area (Å²) in [6, 6.07) is 11.2.